The summed E-state index contributed by atoms with van der Waals surface area (Å²) in [7, 11) is 1.55. The Hall–Kier alpha value is -2.23. The molecule has 0 atom stereocenters. The molecule has 0 aliphatic carbocycles. The summed E-state index contributed by atoms with van der Waals surface area (Å²) in [6.07, 6.45) is 0. The van der Waals surface area contributed by atoms with Crippen molar-refractivity contribution in [1.29, 1.82) is 0 Å². The van der Waals surface area contributed by atoms with Gasteiger partial charge in [0.15, 0.2) is 5.78 Å². The van der Waals surface area contributed by atoms with E-state index in [-0.39, 0.29) is 11.1 Å². The van der Waals surface area contributed by atoms with Crippen molar-refractivity contribution in [3.05, 3.63) is 63.7 Å². The van der Waals surface area contributed by atoms with Gasteiger partial charge in [-0.1, -0.05) is 0 Å². The molecule has 0 aromatic heterocycles. The lowest BCUT2D eigenvalue weighted by atomic mass is 9.95. The van der Waals surface area contributed by atoms with Gasteiger partial charge in [-0.15, -0.1) is 0 Å². The monoisotopic (exact) mass is 290 g/mol. The predicted octanol–water partition coefficient (Wildman–Crippen LogP) is 4.13. The van der Waals surface area contributed by atoms with Gasteiger partial charge in [-0.25, -0.2) is 8.78 Å². The number of carbonyl (C=O) groups is 1. The molecule has 0 fully saturated rings. The van der Waals surface area contributed by atoms with Gasteiger partial charge < -0.3 is 4.74 Å². The first-order chi connectivity index (χ1) is 9.85. The zero-order valence-electron chi connectivity index (χ0n) is 12.4. The Morgan fingerprint density at radius 3 is 2.10 bits per heavy atom. The number of benzene rings is 2. The molecular weight excluding hydrogens is 274 g/mol. The van der Waals surface area contributed by atoms with E-state index in [0.717, 1.165) is 11.6 Å². The summed E-state index contributed by atoms with van der Waals surface area (Å²) in [5.41, 5.74) is 1.97. The number of halogens is 2. The van der Waals surface area contributed by atoms with Crippen molar-refractivity contribution < 1.29 is 18.3 Å². The average Bonchev–Trinajstić information content (AvgIpc) is 2.44. The zero-order chi connectivity index (χ0) is 15.7. The average molecular weight is 290 g/mol. The van der Waals surface area contributed by atoms with Gasteiger partial charge in [-0.05, 0) is 55.7 Å². The van der Waals surface area contributed by atoms with Crippen LogP contribution in [0.5, 0.6) is 5.75 Å². The largest absolute Gasteiger partial charge is 0.496 e. The Balaban J connectivity index is 2.55. The smallest absolute Gasteiger partial charge is 0.196 e. The van der Waals surface area contributed by atoms with Crippen molar-refractivity contribution in [1.82, 2.24) is 0 Å². The fraction of sp³-hybridized carbons (Fsp3) is 0.235. The summed E-state index contributed by atoms with van der Waals surface area (Å²) < 4.78 is 32.3. The molecule has 21 heavy (non-hydrogen) atoms. The molecule has 2 rings (SSSR count). The fourth-order valence-electron chi connectivity index (χ4n) is 2.23. The molecule has 0 saturated heterocycles. The van der Waals surface area contributed by atoms with Crippen LogP contribution in [0.2, 0.25) is 0 Å². The number of aryl methyl sites for hydroxylation is 3. The van der Waals surface area contributed by atoms with Crippen molar-refractivity contribution in [3.63, 3.8) is 0 Å². The van der Waals surface area contributed by atoms with Gasteiger partial charge >= 0.3 is 0 Å². The van der Waals surface area contributed by atoms with Crippen molar-refractivity contribution in [2.75, 3.05) is 7.11 Å². The summed E-state index contributed by atoms with van der Waals surface area (Å²) in [6, 6.07) is 5.38. The molecule has 0 spiro atoms. The summed E-state index contributed by atoms with van der Waals surface area (Å²) >= 11 is 0. The van der Waals surface area contributed by atoms with E-state index >= 15 is 0 Å². The number of methoxy groups -OCH3 is 1. The molecule has 0 saturated carbocycles. The lowest BCUT2D eigenvalue weighted by molar-refractivity contribution is 0.103. The van der Waals surface area contributed by atoms with E-state index in [1.165, 1.54) is 13.0 Å². The molecule has 0 unspecified atom stereocenters. The van der Waals surface area contributed by atoms with E-state index in [9.17, 15) is 13.6 Å². The number of hydrogen-bond donors (Lipinski definition) is 0. The topological polar surface area (TPSA) is 26.3 Å². The molecule has 0 radical (unpaired) electrons. The summed E-state index contributed by atoms with van der Waals surface area (Å²) in [6.45, 7) is 5.06. The molecule has 110 valence electrons. The van der Waals surface area contributed by atoms with Gasteiger partial charge in [0, 0.05) is 11.6 Å². The Morgan fingerprint density at radius 2 is 1.48 bits per heavy atom. The van der Waals surface area contributed by atoms with Crippen molar-refractivity contribution in [3.8, 4) is 5.75 Å². The Morgan fingerprint density at radius 1 is 0.857 bits per heavy atom. The maximum absolute atomic E-state index is 13.9. The van der Waals surface area contributed by atoms with Crippen LogP contribution >= 0.6 is 0 Å². The summed E-state index contributed by atoms with van der Waals surface area (Å²) in [4.78, 5) is 12.5. The molecular formula is C17H16F2O2. The summed E-state index contributed by atoms with van der Waals surface area (Å²) in [5, 5.41) is 0. The maximum Gasteiger partial charge on any atom is 0.196 e. The minimum atomic E-state index is -0.851. The second-order valence-corrected chi connectivity index (χ2v) is 5.05. The normalized spacial score (nSPS) is 10.6. The second kappa shape index (κ2) is 5.64. The van der Waals surface area contributed by atoms with Crippen LogP contribution in [0.25, 0.3) is 0 Å². The van der Waals surface area contributed by atoms with E-state index in [4.69, 9.17) is 4.74 Å². The molecule has 0 amide bonds. The van der Waals surface area contributed by atoms with E-state index in [1.807, 2.05) is 0 Å². The SMILES string of the molecule is COc1cc(C)c(C(=O)c2cc(C)c(F)cc2F)cc1C. The number of ketones is 1. The van der Waals surface area contributed by atoms with E-state index < -0.39 is 17.4 Å². The molecule has 2 aromatic carbocycles. The van der Waals surface area contributed by atoms with Crippen molar-refractivity contribution in [2.24, 2.45) is 0 Å². The molecule has 2 aromatic rings. The van der Waals surface area contributed by atoms with Gasteiger partial charge in [-0.3, -0.25) is 4.79 Å². The molecule has 2 nitrogen and oxygen atoms in total. The highest BCUT2D eigenvalue weighted by atomic mass is 19.1. The Bertz CT molecular complexity index is 721. The van der Waals surface area contributed by atoms with E-state index in [0.29, 0.717) is 16.9 Å². The fourth-order valence-corrected chi connectivity index (χ4v) is 2.23. The number of rotatable bonds is 3. The molecule has 0 aliphatic rings. The highest BCUT2D eigenvalue weighted by Gasteiger charge is 2.19. The Kier molecular flexibility index (Phi) is 4.07. The van der Waals surface area contributed by atoms with Crippen LogP contribution in [0.15, 0.2) is 24.3 Å². The highest BCUT2D eigenvalue weighted by Crippen LogP contribution is 2.25. The minimum absolute atomic E-state index is 0.124. The van der Waals surface area contributed by atoms with Crippen LogP contribution in [-0.4, -0.2) is 12.9 Å². The zero-order valence-corrected chi connectivity index (χ0v) is 12.4. The molecule has 0 heterocycles. The summed E-state index contributed by atoms with van der Waals surface area (Å²) in [5.74, 6) is -1.30. The third kappa shape index (κ3) is 2.79. The van der Waals surface area contributed by atoms with Gasteiger partial charge in [0.25, 0.3) is 0 Å². The molecule has 0 bridgehead atoms. The van der Waals surface area contributed by atoms with Crippen LogP contribution in [0.1, 0.15) is 32.6 Å². The Labute approximate surface area is 122 Å². The van der Waals surface area contributed by atoms with Gasteiger partial charge in [0.05, 0.1) is 12.7 Å². The first-order valence-electron chi connectivity index (χ1n) is 6.50. The number of hydrogen-bond acceptors (Lipinski definition) is 2. The van der Waals surface area contributed by atoms with Crippen LogP contribution in [-0.2, 0) is 0 Å². The van der Waals surface area contributed by atoms with Crippen LogP contribution in [0.4, 0.5) is 8.78 Å². The van der Waals surface area contributed by atoms with E-state index in [1.54, 1.807) is 33.1 Å². The minimum Gasteiger partial charge on any atom is -0.496 e. The molecule has 4 heteroatoms. The second-order valence-electron chi connectivity index (χ2n) is 5.05. The van der Waals surface area contributed by atoms with E-state index in [2.05, 4.69) is 0 Å². The van der Waals surface area contributed by atoms with Gasteiger partial charge in [0.1, 0.15) is 17.4 Å². The van der Waals surface area contributed by atoms with Crippen LogP contribution < -0.4 is 4.74 Å². The third-order valence-corrected chi connectivity index (χ3v) is 3.48. The highest BCUT2D eigenvalue weighted by molar-refractivity contribution is 6.10. The number of ether oxygens (including phenoxy) is 1. The lowest BCUT2D eigenvalue weighted by Crippen LogP contribution is -2.08. The van der Waals surface area contributed by atoms with Crippen LogP contribution in [0.3, 0.4) is 0 Å². The maximum atomic E-state index is 13.9. The van der Waals surface area contributed by atoms with Crippen LogP contribution in [0, 0.1) is 32.4 Å². The lowest BCUT2D eigenvalue weighted by Gasteiger charge is -2.11. The van der Waals surface area contributed by atoms with Gasteiger partial charge in [-0.2, -0.15) is 0 Å². The first kappa shape index (κ1) is 15.2. The first-order valence-corrected chi connectivity index (χ1v) is 6.50. The van der Waals surface area contributed by atoms with Gasteiger partial charge in [0.2, 0.25) is 0 Å². The predicted molar refractivity (Wildman–Crippen MR) is 77.0 cm³/mol. The molecule has 0 N–H and O–H groups in total. The van der Waals surface area contributed by atoms with Crippen molar-refractivity contribution >= 4 is 5.78 Å². The van der Waals surface area contributed by atoms with Crippen molar-refractivity contribution in [2.45, 2.75) is 20.8 Å². The third-order valence-electron chi connectivity index (χ3n) is 3.48. The number of carbonyl (C=O) groups excluding carboxylic acids is 1. The molecule has 0 aliphatic heterocycles. The quantitative estimate of drug-likeness (QED) is 0.794. The standard InChI is InChI=1S/C17H16F2O2/c1-9-7-16(21-4)11(3)6-12(9)17(20)13-5-10(2)14(18)8-15(13)19/h5-8H,1-4H3.